The predicted octanol–water partition coefficient (Wildman–Crippen LogP) is 14.3. The Labute approximate surface area is 378 Å². The highest BCUT2D eigenvalue weighted by Gasteiger charge is 2.37. The number of nitrogens with one attached hydrogen (secondary N) is 2. The smallest absolute Gasteiger partial charge is 0.162 e. The van der Waals surface area contributed by atoms with Crippen molar-refractivity contribution in [2.45, 2.75) is 31.7 Å². The largest absolute Gasteiger partial charge is 0.337 e. The molecule has 2 aromatic heterocycles. The Morgan fingerprint density at radius 2 is 1.03 bits per heavy atom. The first-order valence-electron chi connectivity index (χ1n) is 22.6. The number of para-hydroxylation sites is 2. The summed E-state index contributed by atoms with van der Waals surface area (Å²) < 4.78 is 4.86. The second kappa shape index (κ2) is 14.5. The third-order valence-electron chi connectivity index (χ3n) is 14.0. The molecule has 9 aromatic carbocycles. The van der Waals surface area contributed by atoms with Crippen LogP contribution in [0.2, 0.25) is 0 Å². The van der Waals surface area contributed by atoms with Gasteiger partial charge in [0.15, 0.2) is 6.29 Å². The van der Waals surface area contributed by atoms with Gasteiger partial charge >= 0.3 is 0 Å². The van der Waals surface area contributed by atoms with Crippen molar-refractivity contribution in [3.8, 4) is 39.1 Å². The minimum atomic E-state index is -0.329. The van der Waals surface area contributed by atoms with Crippen LogP contribution in [0.1, 0.15) is 48.6 Å². The van der Waals surface area contributed by atoms with E-state index in [1.165, 1.54) is 77.0 Å². The van der Waals surface area contributed by atoms with Gasteiger partial charge in [-0.3, -0.25) is 5.32 Å². The highest BCUT2D eigenvalue weighted by atomic mass is 15.4. The van der Waals surface area contributed by atoms with E-state index in [9.17, 15) is 0 Å². The summed E-state index contributed by atoms with van der Waals surface area (Å²) in [6.45, 7) is 4.74. The standard InChI is InChI=1S/C60H45N5/c1-60(2)51-27-14-12-25-45(51)47-36-50-49-35-42(41-29-31-54-48(34-41)46-26-13-15-28-53(46)64(54)44-23-10-5-11-24-44)30-32-55(49)65(56(50)37-52(47)60)59-62-57(39-19-8-4-9-20-39)61-58(63-59)43-22-16-21-40(33-43)38-17-6-3-7-18-38/h3-37,57,59,62H,1-2H3,(H,61,63). The molecule has 11 aromatic rings. The van der Waals surface area contributed by atoms with E-state index in [-0.39, 0.29) is 17.9 Å². The maximum absolute atomic E-state index is 5.39. The zero-order chi connectivity index (χ0) is 43.2. The van der Waals surface area contributed by atoms with Gasteiger partial charge in [0.25, 0.3) is 0 Å². The van der Waals surface area contributed by atoms with Crippen molar-refractivity contribution in [3.05, 3.63) is 235 Å². The van der Waals surface area contributed by atoms with E-state index in [0.29, 0.717) is 0 Å². The van der Waals surface area contributed by atoms with Crippen molar-refractivity contribution >= 4 is 49.4 Å². The maximum atomic E-state index is 5.39. The lowest BCUT2D eigenvalue weighted by molar-refractivity contribution is 0.329. The van der Waals surface area contributed by atoms with Crippen molar-refractivity contribution < 1.29 is 0 Å². The summed E-state index contributed by atoms with van der Waals surface area (Å²) in [5.74, 6) is 0.851. The van der Waals surface area contributed by atoms with Crippen molar-refractivity contribution in [1.29, 1.82) is 0 Å². The van der Waals surface area contributed by atoms with Gasteiger partial charge in [0, 0.05) is 38.2 Å². The number of hydrogen-bond donors (Lipinski definition) is 2. The van der Waals surface area contributed by atoms with Crippen LogP contribution < -0.4 is 10.6 Å². The van der Waals surface area contributed by atoms with Crippen LogP contribution in [-0.2, 0) is 5.41 Å². The zero-order valence-electron chi connectivity index (χ0n) is 36.2. The monoisotopic (exact) mass is 835 g/mol. The molecule has 2 aliphatic rings. The minimum Gasteiger partial charge on any atom is -0.337 e. The van der Waals surface area contributed by atoms with Gasteiger partial charge in [0.05, 0.1) is 22.1 Å². The first-order chi connectivity index (χ1) is 32.0. The van der Waals surface area contributed by atoms with E-state index in [2.05, 4.69) is 246 Å². The van der Waals surface area contributed by atoms with Crippen LogP contribution in [0.25, 0.3) is 82.7 Å². The number of nitrogens with zero attached hydrogens (tertiary/aromatic N) is 3. The Morgan fingerprint density at radius 1 is 0.431 bits per heavy atom. The highest BCUT2D eigenvalue weighted by Crippen LogP contribution is 2.51. The second-order valence-corrected chi connectivity index (χ2v) is 18.1. The van der Waals surface area contributed by atoms with Crippen LogP contribution in [0.4, 0.5) is 0 Å². The Kier molecular flexibility index (Phi) is 8.39. The number of rotatable bonds is 6. The first-order valence-corrected chi connectivity index (χ1v) is 22.6. The van der Waals surface area contributed by atoms with Gasteiger partial charge in [0.2, 0.25) is 0 Å². The number of aromatic nitrogens is 2. The second-order valence-electron chi connectivity index (χ2n) is 18.1. The topological polar surface area (TPSA) is 46.3 Å². The lowest BCUT2D eigenvalue weighted by Crippen LogP contribution is -2.47. The zero-order valence-corrected chi connectivity index (χ0v) is 36.2. The fraction of sp³-hybridized carbons (Fsp3) is 0.0833. The summed E-state index contributed by atoms with van der Waals surface area (Å²) >= 11 is 0. The van der Waals surface area contributed by atoms with E-state index < -0.39 is 0 Å². The summed E-state index contributed by atoms with van der Waals surface area (Å²) in [5, 5.41) is 12.8. The summed E-state index contributed by atoms with van der Waals surface area (Å²) in [7, 11) is 0. The van der Waals surface area contributed by atoms with Crippen molar-refractivity contribution in [3.63, 3.8) is 0 Å². The molecule has 1 aliphatic heterocycles. The Balaban J connectivity index is 1.01. The quantitative estimate of drug-likeness (QED) is 0.175. The first kappa shape index (κ1) is 37.6. The molecule has 13 rings (SSSR count). The van der Waals surface area contributed by atoms with E-state index >= 15 is 0 Å². The molecule has 0 spiro atoms. The normalized spacial score (nSPS) is 16.4. The SMILES string of the molecule is CC1(C)c2ccccc2-c2cc3c4cc(-c5ccc6c(c5)c5ccccc5n6-c5ccccc5)ccc4n(C4NC(c5cccc(-c6ccccc6)c5)=NC(c5ccccc5)N4)c3cc21. The molecule has 65 heavy (non-hydrogen) atoms. The number of amidine groups is 1. The molecule has 310 valence electrons. The molecular formula is C60H45N5. The van der Waals surface area contributed by atoms with Gasteiger partial charge in [-0.25, -0.2) is 4.99 Å². The minimum absolute atomic E-state index is 0.161. The number of hydrogen-bond acceptors (Lipinski definition) is 3. The van der Waals surface area contributed by atoms with Gasteiger partial charge in [-0.1, -0.05) is 166 Å². The van der Waals surface area contributed by atoms with Crippen LogP contribution in [0.15, 0.2) is 217 Å². The van der Waals surface area contributed by atoms with Gasteiger partial charge in [-0.15, -0.1) is 0 Å². The third kappa shape index (κ3) is 5.93. The number of aliphatic imine (C=N–C) groups is 1. The van der Waals surface area contributed by atoms with E-state index in [1.54, 1.807) is 0 Å². The van der Waals surface area contributed by atoms with Gasteiger partial charge in [0.1, 0.15) is 12.0 Å². The molecule has 2 N–H and O–H groups in total. The Hall–Kier alpha value is -7.99. The molecule has 5 nitrogen and oxygen atoms in total. The summed E-state index contributed by atoms with van der Waals surface area (Å²) in [6, 6.07) is 77.3. The molecule has 0 saturated heterocycles. The molecule has 0 saturated carbocycles. The van der Waals surface area contributed by atoms with Crippen LogP contribution in [0.3, 0.4) is 0 Å². The number of fused-ring (bicyclic) bond motifs is 9. The fourth-order valence-corrected chi connectivity index (χ4v) is 10.8. The van der Waals surface area contributed by atoms with Crippen LogP contribution in [-0.4, -0.2) is 15.0 Å². The van der Waals surface area contributed by atoms with E-state index in [4.69, 9.17) is 4.99 Å². The van der Waals surface area contributed by atoms with Gasteiger partial charge in [-0.05, 0) is 111 Å². The van der Waals surface area contributed by atoms with E-state index in [1.807, 2.05) is 0 Å². The van der Waals surface area contributed by atoms with Crippen LogP contribution in [0, 0.1) is 0 Å². The Morgan fingerprint density at radius 3 is 1.83 bits per heavy atom. The van der Waals surface area contributed by atoms with Gasteiger partial charge in [-0.2, -0.15) is 0 Å². The maximum Gasteiger partial charge on any atom is 0.162 e. The molecule has 1 aliphatic carbocycles. The van der Waals surface area contributed by atoms with Crippen molar-refractivity contribution in [2.24, 2.45) is 4.99 Å². The van der Waals surface area contributed by atoms with E-state index in [0.717, 1.165) is 33.7 Å². The molecule has 2 unspecified atom stereocenters. The van der Waals surface area contributed by atoms with Crippen LogP contribution >= 0.6 is 0 Å². The molecule has 0 fully saturated rings. The molecule has 3 heterocycles. The molecule has 0 radical (unpaired) electrons. The average molecular weight is 836 g/mol. The summed E-state index contributed by atoms with van der Waals surface area (Å²) in [5.41, 5.74) is 17.9. The lowest BCUT2D eigenvalue weighted by atomic mass is 9.82. The summed E-state index contributed by atoms with van der Waals surface area (Å²) in [4.78, 5) is 5.39. The molecule has 0 amide bonds. The predicted molar refractivity (Wildman–Crippen MR) is 270 cm³/mol. The lowest BCUT2D eigenvalue weighted by Gasteiger charge is -2.34. The third-order valence-corrected chi connectivity index (χ3v) is 14.0. The fourth-order valence-electron chi connectivity index (χ4n) is 10.8. The van der Waals surface area contributed by atoms with Crippen molar-refractivity contribution in [1.82, 2.24) is 19.8 Å². The average Bonchev–Trinajstić information content (AvgIpc) is 3.96. The molecule has 5 heteroatoms. The Bertz CT molecular complexity index is 3690. The van der Waals surface area contributed by atoms with Gasteiger partial charge < -0.3 is 14.5 Å². The molecule has 2 atom stereocenters. The molecular weight excluding hydrogens is 791 g/mol. The van der Waals surface area contributed by atoms with Crippen molar-refractivity contribution in [2.75, 3.05) is 0 Å². The number of benzene rings is 9. The highest BCUT2D eigenvalue weighted by molar-refractivity contribution is 6.13. The summed E-state index contributed by atoms with van der Waals surface area (Å²) in [6.07, 6.45) is -0.617. The molecule has 0 bridgehead atoms. The van der Waals surface area contributed by atoms with Crippen LogP contribution in [0.5, 0.6) is 0 Å².